The average Bonchev–Trinajstić information content (AvgIpc) is 2.82. The van der Waals surface area contributed by atoms with Crippen LogP contribution in [0.2, 0.25) is 0 Å². The number of nitrogens with one attached hydrogen (secondary N) is 2. The predicted octanol–water partition coefficient (Wildman–Crippen LogP) is 1.45. The van der Waals surface area contributed by atoms with Crippen LogP contribution in [0.1, 0.15) is 38.1 Å². The summed E-state index contributed by atoms with van der Waals surface area (Å²) in [5, 5.41) is 10.4. The van der Waals surface area contributed by atoms with Crippen molar-refractivity contribution in [1.82, 2.24) is 25.3 Å². The number of rotatable bonds is 5. The van der Waals surface area contributed by atoms with Crippen LogP contribution in [0.15, 0.2) is 6.07 Å². The molecule has 2 rings (SSSR count). The van der Waals surface area contributed by atoms with Gasteiger partial charge in [0.1, 0.15) is 0 Å². The molecule has 2 heterocycles. The molecule has 0 spiro atoms. The third-order valence-electron chi connectivity index (χ3n) is 4.31. The van der Waals surface area contributed by atoms with E-state index >= 15 is 0 Å². The number of likely N-dealkylation sites (tertiary alicyclic amines) is 1. The van der Waals surface area contributed by atoms with Crippen molar-refractivity contribution in [2.75, 3.05) is 19.6 Å². The van der Waals surface area contributed by atoms with Gasteiger partial charge in [0.15, 0.2) is 0 Å². The Bertz CT molecular complexity index is 584. The van der Waals surface area contributed by atoms with E-state index in [-0.39, 0.29) is 18.0 Å². The third-order valence-corrected chi connectivity index (χ3v) is 4.31. The molecule has 134 valence electrons. The first-order valence-electron chi connectivity index (χ1n) is 8.66. The molecule has 0 aliphatic carbocycles. The molecule has 2 atom stereocenters. The fourth-order valence-corrected chi connectivity index (χ4v) is 3.16. The lowest BCUT2D eigenvalue weighted by Gasteiger charge is -2.33. The Morgan fingerprint density at radius 3 is 2.79 bits per heavy atom. The maximum Gasteiger partial charge on any atom is 0.317 e. The van der Waals surface area contributed by atoms with Crippen molar-refractivity contribution in [3.05, 3.63) is 17.5 Å². The summed E-state index contributed by atoms with van der Waals surface area (Å²) in [5.74, 6) is 0.253. The molecule has 1 aliphatic rings. The molecule has 1 fully saturated rings. The van der Waals surface area contributed by atoms with Crippen LogP contribution in [0.3, 0.4) is 0 Å². The molecular weight excluding hydrogens is 306 g/mol. The van der Waals surface area contributed by atoms with Crippen LogP contribution in [0, 0.1) is 19.8 Å². The van der Waals surface area contributed by atoms with E-state index in [9.17, 15) is 9.59 Å². The second-order valence-electron chi connectivity index (χ2n) is 6.89. The summed E-state index contributed by atoms with van der Waals surface area (Å²) in [5.41, 5.74) is 2.15. The molecule has 0 aromatic carbocycles. The molecule has 1 aliphatic heterocycles. The highest BCUT2D eigenvalue weighted by molar-refractivity contribution is 5.75. The van der Waals surface area contributed by atoms with Gasteiger partial charge in [0, 0.05) is 44.8 Å². The van der Waals surface area contributed by atoms with Gasteiger partial charge in [0.2, 0.25) is 5.91 Å². The van der Waals surface area contributed by atoms with Crippen molar-refractivity contribution in [2.24, 2.45) is 5.92 Å². The number of nitrogens with zero attached hydrogens (tertiary/aromatic N) is 3. The number of hydrogen-bond acceptors (Lipinski definition) is 3. The number of hydrogen-bond donors (Lipinski definition) is 2. The number of carbonyl (C=O) groups is 2. The molecule has 0 bridgehead atoms. The first-order valence-corrected chi connectivity index (χ1v) is 8.66. The highest BCUT2D eigenvalue weighted by atomic mass is 16.2. The Morgan fingerprint density at radius 2 is 2.17 bits per heavy atom. The van der Waals surface area contributed by atoms with E-state index in [0.29, 0.717) is 19.0 Å². The summed E-state index contributed by atoms with van der Waals surface area (Å²) in [7, 11) is 0. The Morgan fingerprint density at radius 1 is 1.42 bits per heavy atom. The first-order chi connectivity index (χ1) is 11.3. The summed E-state index contributed by atoms with van der Waals surface area (Å²) in [6.07, 6.45) is 1.84. The highest BCUT2D eigenvalue weighted by Crippen LogP contribution is 2.11. The lowest BCUT2D eigenvalue weighted by Crippen LogP contribution is -2.52. The lowest BCUT2D eigenvalue weighted by atomic mass is 10.1. The van der Waals surface area contributed by atoms with E-state index in [1.807, 2.05) is 18.5 Å². The SMILES string of the molecule is CC(=O)NC1CCCN(C(=O)NCC(C)Cn2nc(C)cc2C)C1. The number of urea groups is 1. The zero-order chi connectivity index (χ0) is 17.7. The second-order valence-corrected chi connectivity index (χ2v) is 6.89. The normalized spacial score (nSPS) is 19.0. The van der Waals surface area contributed by atoms with Gasteiger partial charge in [-0.1, -0.05) is 6.92 Å². The van der Waals surface area contributed by atoms with Crippen LogP contribution >= 0.6 is 0 Å². The molecule has 3 amide bonds. The van der Waals surface area contributed by atoms with Gasteiger partial charge in [-0.15, -0.1) is 0 Å². The largest absolute Gasteiger partial charge is 0.352 e. The van der Waals surface area contributed by atoms with Crippen molar-refractivity contribution in [2.45, 2.75) is 53.1 Å². The van der Waals surface area contributed by atoms with Crippen LogP contribution in [0.5, 0.6) is 0 Å². The van der Waals surface area contributed by atoms with Crippen molar-refractivity contribution >= 4 is 11.9 Å². The monoisotopic (exact) mass is 335 g/mol. The standard InChI is InChI=1S/C17H29N5O2/c1-12(10-22-14(3)8-13(2)20-22)9-18-17(24)21-7-5-6-16(11-21)19-15(4)23/h8,12,16H,5-7,9-11H2,1-4H3,(H,18,24)(H,19,23). The number of aromatic nitrogens is 2. The van der Waals surface area contributed by atoms with E-state index in [1.54, 1.807) is 4.90 Å². The maximum atomic E-state index is 12.3. The quantitative estimate of drug-likeness (QED) is 0.855. The predicted molar refractivity (Wildman–Crippen MR) is 92.7 cm³/mol. The van der Waals surface area contributed by atoms with Gasteiger partial charge in [-0.05, 0) is 38.7 Å². The van der Waals surface area contributed by atoms with Crippen molar-refractivity contribution in [3.63, 3.8) is 0 Å². The third kappa shape index (κ3) is 5.25. The number of amides is 3. The minimum absolute atomic E-state index is 0.0410. The van der Waals surface area contributed by atoms with Crippen LogP contribution in [-0.2, 0) is 11.3 Å². The second kappa shape index (κ2) is 8.17. The van der Waals surface area contributed by atoms with Crippen molar-refractivity contribution in [1.29, 1.82) is 0 Å². The summed E-state index contributed by atoms with van der Waals surface area (Å²) in [6.45, 7) is 10.4. The molecule has 0 radical (unpaired) electrons. The van der Waals surface area contributed by atoms with Gasteiger partial charge in [0.05, 0.1) is 5.69 Å². The topological polar surface area (TPSA) is 79.3 Å². The molecule has 2 N–H and O–H groups in total. The first kappa shape index (κ1) is 18.3. The van der Waals surface area contributed by atoms with Gasteiger partial charge in [0.25, 0.3) is 0 Å². The summed E-state index contributed by atoms with van der Waals surface area (Å²) < 4.78 is 1.99. The molecular formula is C17H29N5O2. The van der Waals surface area contributed by atoms with Gasteiger partial charge in [-0.2, -0.15) is 5.10 Å². The lowest BCUT2D eigenvalue weighted by molar-refractivity contribution is -0.119. The van der Waals surface area contributed by atoms with Crippen molar-refractivity contribution in [3.8, 4) is 0 Å². The fraction of sp³-hybridized carbons (Fsp3) is 0.706. The Kier molecular flexibility index (Phi) is 6.23. The fourth-order valence-electron chi connectivity index (χ4n) is 3.16. The van der Waals surface area contributed by atoms with E-state index in [4.69, 9.17) is 0 Å². The zero-order valence-corrected chi connectivity index (χ0v) is 15.1. The molecule has 2 unspecified atom stereocenters. The highest BCUT2D eigenvalue weighted by Gasteiger charge is 2.24. The zero-order valence-electron chi connectivity index (χ0n) is 15.1. The minimum Gasteiger partial charge on any atom is -0.352 e. The molecule has 1 aromatic heterocycles. The van der Waals surface area contributed by atoms with Gasteiger partial charge in [-0.3, -0.25) is 9.48 Å². The minimum atomic E-state index is -0.0507. The molecule has 24 heavy (non-hydrogen) atoms. The molecule has 0 saturated carbocycles. The van der Waals surface area contributed by atoms with Crippen LogP contribution in [0.4, 0.5) is 4.79 Å². The molecule has 1 aromatic rings. The van der Waals surface area contributed by atoms with Gasteiger partial charge in [-0.25, -0.2) is 4.79 Å². The number of carbonyl (C=O) groups excluding carboxylic acids is 2. The average molecular weight is 335 g/mol. The summed E-state index contributed by atoms with van der Waals surface area (Å²) >= 11 is 0. The summed E-state index contributed by atoms with van der Waals surface area (Å²) in [6, 6.07) is 2.07. The summed E-state index contributed by atoms with van der Waals surface area (Å²) in [4.78, 5) is 25.3. The molecule has 1 saturated heterocycles. The van der Waals surface area contributed by atoms with Crippen molar-refractivity contribution < 1.29 is 9.59 Å². The van der Waals surface area contributed by atoms with E-state index in [2.05, 4.69) is 28.7 Å². The van der Waals surface area contributed by atoms with E-state index in [0.717, 1.165) is 37.3 Å². The number of piperidine rings is 1. The molecule has 7 nitrogen and oxygen atoms in total. The van der Waals surface area contributed by atoms with Crippen LogP contribution < -0.4 is 10.6 Å². The van der Waals surface area contributed by atoms with E-state index < -0.39 is 0 Å². The smallest absolute Gasteiger partial charge is 0.317 e. The van der Waals surface area contributed by atoms with Gasteiger partial charge < -0.3 is 15.5 Å². The van der Waals surface area contributed by atoms with Crippen LogP contribution in [0.25, 0.3) is 0 Å². The molecule has 7 heteroatoms. The van der Waals surface area contributed by atoms with Gasteiger partial charge >= 0.3 is 6.03 Å². The van der Waals surface area contributed by atoms with E-state index in [1.165, 1.54) is 6.92 Å². The maximum absolute atomic E-state index is 12.3. The number of aryl methyl sites for hydroxylation is 2. The Balaban J connectivity index is 1.77. The Hall–Kier alpha value is -2.05. The van der Waals surface area contributed by atoms with Crippen LogP contribution in [-0.4, -0.2) is 52.3 Å². The Labute approximate surface area is 143 Å².